The fourth-order valence-corrected chi connectivity index (χ4v) is 3.51. The molecule has 0 spiro atoms. The molecular weight excluding hydrogens is 262 g/mol. The molecule has 3 rings (SSSR count). The highest BCUT2D eigenvalue weighted by Gasteiger charge is 2.08. The van der Waals surface area contributed by atoms with Crippen LogP contribution in [0.3, 0.4) is 0 Å². The molecule has 2 aromatic heterocycles. The highest BCUT2D eigenvalue weighted by molar-refractivity contribution is 8.01. The highest BCUT2D eigenvalue weighted by atomic mass is 32.2. The molecule has 0 saturated heterocycles. The van der Waals surface area contributed by atoms with Crippen molar-refractivity contribution in [3.8, 4) is 0 Å². The van der Waals surface area contributed by atoms with Crippen LogP contribution in [0.4, 0.5) is 0 Å². The van der Waals surface area contributed by atoms with Crippen LogP contribution < -0.4 is 0 Å². The second-order valence-electron chi connectivity index (χ2n) is 4.06. The Labute approximate surface area is 113 Å². The average molecular weight is 273 g/mol. The summed E-state index contributed by atoms with van der Waals surface area (Å²) in [6.45, 7) is 4.08. The van der Waals surface area contributed by atoms with Crippen molar-refractivity contribution < 1.29 is 0 Å². The fourth-order valence-electron chi connectivity index (χ4n) is 1.69. The molecule has 0 atom stereocenters. The van der Waals surface area contributed by atoms with Gasteiger partial charge in [-0.3, -0.25) is 0 Å². The summed E-state index contributed by atoms with van der Waals surface area (Å²) < 4.78 is 1.02. The number of hydrogen-bond acceptors (Lipinski definition) is 5. The van der Waals surface area contributed by atoms with Crippen molar-refractivity contribution in [1.82, 2.24) is 15.0 Å². The lowest BCUT2D eigenvalue weighted by Crippen LogP contribution is -1.87. The van der Waals surface area contributed by atoms with E-state index in [1.54, 1.807) is 29.4 Å². The van der Waals surface area contributed by atoms with Crippen LogP contribution in [0, 0.1) is 13.8 Å². The molecule has 0 saturated carbocycles. The topological polar surface area (TPSA) is 38.7 Å². The molecule has 0 radical (unpaired) electrons. The molecule has 0 aliphatic heterocycles. The summed E-state index contributed by atoms with van der Waals surface area (Å²) in [4.78, 5) is 13.1. The van der Waals surface area contributed by atoms with E-state index in [1.807, 2.05) is 13.0 Å². The van der Waals surface area contributed by atoms with Gasteiger partial charge in [-0.25, -0.2) is 15.0 Å². The number of aromatic nitrogens is 3. The largest absolute Gasteiger partial charge is 0.236 e. The zero-order valence-corrected chi connectivity index (χ0v) is 11.7. The molecule has 0 amide bonds. The van der Waals surface area contributed by atoms with Gasteiger partial charge in [-0.05, 0) is 37.7 Å². The summed E-state index contributed by atoms with van der Waals surface area (Å²) in [6.07, 6.45) is 1.61. The first-order valence-electron chi connectivity index (χ1n) is 5.54. The predicted octanol–water partition coefficient (Wildman–Crippen LogP) is 3.85. The third-order valence-corrected chi connectivity index (χ3v) is 4.61. The van der Waals surface area contributed by atoms with Crippen molar-refractivity contribution in [3.05, 3.63) is 41.2 Å². The Kier molecular flexibility index (Phi) is 3.01. The Bertz CT molecular complexity index is 706. The summed E-state index contributed by atoms with van der Waals surface area (Å²) in [5.74, 6) is 0. The summed E-state index contributed by atoms with van der Waals surface area (Å²) in [5.41, 5.74) is 3.25. The molecular formula is C13H11N3S2. The first kappa shape index (κ1) is 11.6. The molecule has 3 nitrogen and oxygen atoms in total. The second-order valence-corrected chi connectivity index (χ2v) is 6.15. The van der Waals surface area contributed by atoms with Crippen molar-refractivity contribution in [2.24, 2.45) is 0 Å². The van der Waals surface area contributed by atoms with E-state index < -0.39 is 0 Å². The lowest BCUT2D eigenvalue weighted by atomic mass is 10.2. The Hall–Kier alpha value is -1.46. The maximum atomic E-state index is 4.46. The first-order valence-corrected chi connectivity index (χ1v) is 7.23. The van der Waals surface area contributed by atoms with E-state index >= 15 is 0 Å². The van der Waals surface area contributed by atoms with Gasteiger partial charge in [0.25, 0.3) is 0 Å². The van der Waals surface area contributed by atoms with Gasteiger partial charge in [0.2, 0.25) is 0 Å². The summed E-state index contributed by atoms with van der Waals surface area (Å²) in [5, 5.41) is 4.12. The minimum absolute atomic E-state index is 0.970. The molecule has 0 unspecified atom stereocenters. The maximum absolute atomic E-state index is 4.46. The fraction of sp³-hybridized carbons (Fsp3) is 0.154. The molecule has 1 aromatic carbocycles. The van der Waals surface area contributed by atoms with Crippen LogP contribution in [0.15, 0.2) is 39.3 Å². The van der Waals surface area contributed by atoms with Gasteiger partial charge in [-0.15, -0.1) is 11.3 Å². The number of benzene rings is 1. The van der Waals surface area contributed by atoms with Gasteiger partial charge in [0.1, 0.15) is 11.4 Å². The first-order chi connectivity index (χ1) is 8.72. The van der Waals surface area contributed by atoms with Crippen LogP contribution in [0.5, 0.6) is 0 Å². The smallest absolute Gasteiger partial charge is 0.156 e. The van der Waals surface area contributed by atoms with Gasteiger partial charge in [0.05, 0.1) is 5.52 Å². The van der Waals surface area contributed by atoms with Gasteiger partial charge >= 0.3 is 0 Å². The third-order valence-electron chi connectivity index (χ3n) is 2.54. The number of fused-ring (bicyclic) bond motifs is 1. The molecule has 0 bridgehead atoms. The molecule has 5 heteroatoms. The number of nitrogens with zero attached hydrogens (tertiary/aromatic N) is 3. The van der Waals surface area contributed by atoms with Crippen LogP contribution in [0.1, 0.15) is 11.3 Å². The van der Waals surface area contributed by atoms with Gasteiger partial charge in [-0.2, -0.15) is 0 Å². The van der Waals surface area contributed by atoms with Crippen molar-refractivity contribution in [1.29, 1.82) is 0 Å². The lowest BCUT2D eigenvalue weighted by Gasteiger charge is -2.03. The molecule has 3 aromatic rings. The summed E-state index contributed by atoms with van der Waals surface area (Å²) in [6, 6.07) is 6.22. The molecule has 0 aliphatic carbocycles. The van der Waals surface area contributed by atoms with Gasteiger partial charge in [-0.1, -0.05) is 11.6 Å². The molecule has 0 fully saturated rings. The van der Waals surface area contributed by atoms with Crippen LogP contribution in [-0.4, -0.2) is 15.0 Å². The summed E-state index contributed by atoms with van der Waals surface area (Å²) >= 11 is 3.25. The number of aryl methyl sites for hydroxylation is 2. The summed E-state index contributed by atoms with van der Waals surface area (Å²) in [7, 11) is 0. The van der Waals surface area contributed by atoms with E-state index in [4.69, 9.17) is 0 Å². The number of hydrogen-bond donors (Lipinski definition) is 0. The van der Waals surface area contributed by atoms with Crippen LogP contribution >= 0.6 is 23.1 Å². The van der Waals surface area contributed by atoms with Gasteiger partial charge in [0, 0.05) is 16.5 Å². The zero-order chi connectivity index (χ0) is 12.5. The quantitative estimate of drug-likeness (QED) is 0.665. The van der Waals surface area contributed by atoms with Crippen LogP contribution in [0.2, 0.25) is 0 Å². The maximum Gasteiger partial charge on any atom is 0.156 e. The third kappa shape index (κ3) is 2.23. The molecule has 0 aliphatic rings. The Morgan fingerprint density at radius 3 is 2.83 bits per heavy atom. The van der Waals surface area contributed by atoms with E-state index in [2.05, 4.69) is 39.4 Å². The number of rotatable bonds is 2. The molecule has 2 heterocycles. The van der Waals surface area contributed by atoms with E-state index in [9.17, 15) is 0 Å². The Morgan fingerprint density at radius 1 is 1.17 bits per heavy atom. The van der Waals surface area contributed by atoms with Crippen LogP contribution in [0.25, 0.3) is 10.9 Å². The zero-order valence-electron chi connectivity index (χ0n) is 10.0. The van der Waals surface area contributed by atoms with Gasteiger partial charge in [0.15, 0.2) is 4.34 Å². The van der Waals surface area contributed by atoms with E-state index in [1.165, 1.54) is 5.56 Å². The minimum atomic E-state index is 0.970. The second kappa shape index (κ2) is 4.66. The minimum Gasteiger partial charge on any atom is -0.236 e. The highest BCUT2D eigenvalue weighted by Crippen LogP contribution is 2.33. The lowest BCUT2D eigenvalue weighted by molar-refractivity contribution is 1.09. The van der Waals surface area contributed by atoms with Crippen molar-refractivity contribution in [2.75, 3.05) is 0 Å². The predicted molar refractivity (Wildman–Crippen MR) is 75.2 cm³/mol. The van der Waals surface area contributed by atoms with E-state index in [0.717, 1.165) is 26.0 Å². The van der Waals surface area contributed by atoms with Crippen molar-refractivity contribution >= 4 is 34.0 Å². The normalized spacial score (nSPS) is 11.0. The van der Waals surface area contributed by atoms with E-state index in [-0.39, 0.29) is 0 Å². The molecule has 18 heavy (non-hydrogen) atoms. The Morgan fingerprint density at radius 2 is 2.06 bits per heavy atom. The van der Waals surface area contributed by atoms with Crippen LogP contribution in [-0.2, 0) is 0 Å². The van der Waals surface area contributed by atoms with E-state index in [0.29, 0.717) is 0 Å². The van der Waals surface area contributed by atoms with Crippen molar-refractivity contribution in [3.63, 3.8) is 0 Å². The average Bonchev–Trinajstić information content (AvgIpc) is 2.76. The molecule has 90 valence electrons. The monoisotopic (exact) mass is 273 g/mol. The standard InChI is InChI=1S/C13H11N3S2/c1-8-3-4-11-10(5-8)12(15-7-14-11)18-13-16-9(2)6-17-13/h3-7H,1-2H3. The Balaban J connectivity index is 2.08. The number of thiazole rings is 1. The SMILES string of the molecule is Cc1ccc2ncnc(Sc3nc(C)cs3)c2c1. The molecule has 0 N–H and O–H groups in total. The van der Waals surface area contributed by atoms with Crippen molar-refractivity contribution in [2.45, 2.75) is 23.2 Å². The van der Waals surface area contributed by atoms with Gasteiger partial charge < -0.3 is 0 Å².